The lowest BCUT2D eigenvalue weighted by Crippen LogP contribution is -2.68. The van der Waals surface area contributed by atoms with Crippen LogP contribution in [0.2, 0.25) is 0 Å². The Morgan fingerprint density at radius 2 is 1.13 bits per heavy atom. The predicted molar refractivity (Wildman–Crippen MR) is 307 cm³/mol. The molecule has 26 nitrogen and oxygen atoms in total. The van der Waals surface area contributed by atoms with Crippen molar-refractivity contribution in [2.24, 2.45) is 39.4 Å². The minimum absolute atomic E-state index is 0.0397. The number of esters is 9. The predicted octanol–water partition coefficient (Wildman–Crippen LogP) is 5.30. The van der Waals surface area contributed by atoms with Gasteiger partial charge in [-0.2, -0.15) is 0 Å². The molecule has 4 saturated heterocycles. The van der Waals surface area contributed by atoms with E-state index in [1.165, 1.54) is 12.7 Å². The van der Waals surface area contributed by atoms with Crippen LogP contribution in [0.5, 0.6) is 0 Å². The molecule has 0 aromatic rings. The fraction of sp³-hybridized carbons (Fsp3) is 0.797. The molecule has 23 atom stereocenters. The van der Waals surface area contributed by atoms with Crippen molar-refractivity contribution in [2.45, 2.75) is 259 Å². The quantitative estimate of drug-likeness (QED) is 0.0622. The Morgan fingerprint density at radius 3 is 1.66 bits per heavy atom. The van der Waals surface area contributed by atoms with Gasteiger partial charge in [0.15, 0.2) is 55.5 Å². The summed E-state index contributed by atoms with van der Waals surface area (Å²) in [6.07, 6.45) is -15.1. The standard InChI is InChI=1S/C64H92O26/c1-30(2)18-17-23-63(15,74)55-41-26-62(14)40-19-20-45-60(11,12)46(22-24-61(45,13)39(40)21-25-64(55,62)59(73)88-41)89-56-52(82-36(8)70)49(81-35(7)69)44(29-78-56)86-57-54(84-38(10)72)51(48(80-34(6)68)43(85-57)28-77-32(4)66)90-58-53(83-37(9)71)50(75-16)47(79-33(5)67)42(87-58)27-76-31(3)65/h21,40-58,74H,1,17-20,22-29H2,2-16H3. The van der Waals surface area contributed by atoms with Gasteiger partial charge in [0.2, 0.25) is 0 Å². The maximum atomic E-state index is 14.3. The zero-order valence-electron chi connectivity index (χ0n) is 54.4. The molecule has 1 N–H and O–H groups in total. The first kappa shape index (κ1) is 70.3. The van der Waals surface area contributed by atoms with Gasteiger partial charge in [0.1, 0.15) is 49.8 Å². The summed E-state index contributed by atoms with van der Waals surface area (Å²) in [4.78, 5) is 117. The normalized spacial score (nSPS) is 39.6. The molecule has 23 unspecified atom stereocenters. The summed E-state index contributed by atoms with van der Waals surface area (Å²) in [5.41, 5.74) is -1.05. The number of ether oxygens (including phenoxy) is 16. The van der Waals surface area contributed by atoms with Gasteiger partial charge >= 0.3 is 53.7 Å². The molecule has 0 radical (unpaired) electrons. The average Bonchev–Trinajstić information content (AvgIpc) is 1.45. The van der Waals surface area contributed by atoms with Crippen LogP contribution in [0.1, 0.15) is 155 Å². The van der Waals surface area contributed by atoms with Crippen molar-refractivity contribution in [3.05, 3.63) is 23.8 Å². The largest absolute Gasteiger partial charge is 0.463 e. The molecule has 2 bridgehead atoms. The zero-order chi connectivity index (χ0) is 66.3. The fourth-order valence-electron chi connectivity index (χ4n) is 16.8. The first-order valence-electron chi connectivity index (χ1n) is 31.1. The van der Waals surface area contributed by atoms with Crippen molar-refractivity contribution in [2.75, 3.05) is 26.9 Å². The third-order valence-corrected chi connectivity index (χ3v) is 20.2. The maximum absolute atomic E-state index is 14.3. The van der Waals surface area contributed by atoms with E-state index in [0.717, 1.165) is 86.6 Å². The molecule has 0 amide bonds. The lowest BCUT2D eigenvalue weighted by Gasteiger charge is -2.64. The SMILES string of the molecule is C=C(C)CCCC(C)(O)C1C2CC3(C)C4CCC5C(C)(CCC(OC6OCC(OC7OC(COC(C)=O)C(OC(C)=O)C(OC8OC(COC(C)=O)C(OC(C)=O)C(OC)C8OC(C)=O)C7OC(C)=O)C(OC(C)=O)C6OC(C)=O)C5(C)C)C4=CCC13C(=O)O2. The summed E-state index contributed by atoms with van der Waals surface area (Å²) in [5.74, 6) is -7.31. The molecule has 8 rings (SSSR count). The van der Waals surface area contributed by atoms with Crippen molar-refractivity contribution in [3.63, 3.8) is 0 Å². The molecule has 0 aromatic carbocycles. The second kappa shape index (κ2) is 27.5. The van der Waals surface area contributed by atoms with Crippen LogP contribution in [-0.2, 0) is 119 Å². The number of allylic oxidation sites excluding steroid dienone is 3. The molecule has 1 spiro atoms. The van der Waals surface area contributed by atoms with Gasteiger partial charge < -0.3 is 80.9 Å². The van der Waals surface area contributed by atoms with E-state index in [1.54, 1.807) is 0 Å². The molecule has 8 aliphatic rings. The molecule has 504 valence electrons. The second-order valence-corrected chi connectivity index (χ2v) is 26.9. The molecular formula is C64H92O26. The monoisotopic (exact) mass is 1280 g/mol. The highest BCUT2D eigenvalue weighted by Crippen LogP contribution is 2.76. The number of carbonyl (C=O) groups excluding carboxylic acids is 9. The minimum Gasteiger partial charge on any atom is -0.463 e. The first-order valence-corrected chi connectivity index (χ1v) is 31.1. The van der Waals surface area contributed by atoms with E-state index in [1.807, 2.05) is 13.8 Å². The van der Waals surface area contributed by atoms with Gasteiger partial charge in [-0.15, -0.1) is 6.58 Å². The highest BCUT2D eigenvalue weighted by Gasteiger charge is 2.79. The topological polar surface area (TPSA) is 322 Å². The summed E-state index contributed by atoms with van der Waals surface area (Å²) in [6.45, 7) is 23.8. The van der Waals surface area contributed by atoms with Crippen LogP contribution < -0.4 is 0 Å². The van der Waals surface area contributed by atoms with Crippen LogP contribution in [0.4, 0.5) is 0 Å². The zero-order valence-corrected chi connectivity index (χ0v) is 54.4. The van der Waals surface area contributed by atoms with Gasteiger partial charge in [-0.25, -0.2) is 0 Å². The van der Waals surface area contributed by atoms with Gasteiger partial charge in [-0.05, 0) is 99.7 Å². The number of carbonyl (C=O) groups is 9. The summed E-state index contributed by atoms with van der Waals surface area (Å²) in [7, 11) is 1.21. The minimum atomic E-state index is -1.87. The summed E-state index contributed by atoms with van der Waals surface area (Å²) < 4.78 is 97.0. The average molecular weight is 1280 g/mol. The van der Waals surface area contributed by atoms with E-state index in [0.29, 0.717) is 32.1 Å². The van der Waals surface area contributed by atoms with Gasteiger partial charge in [-0.3, -0.25) is 43.2 Å². The van der Waals surface area contributed by atoms with Crippen molar-refractivity contribution < 1.29 is 124 Å². The van der Waals surface area contributed by atoms with Crippen LogP contribution >= 0.6 is 0 Å². The molecule has 0 aromatic heterocycles. The third-order valence-electron chi connectivity index (χ3n) is 20.2. The van der Waals surface area contributed by atoms with Crippen molar-refractivity contribution >= 4 is 53.7 Å². The number of hydrogen-bond acceptors (Lipinski definition) is 26. The van der Waals surface area contributed by atoms with E-state index < -0.39 is 188 Å². The Labute approximate surface area is 524 Å². The molecule has 4 aliphatic carbocycles. The van der Waals surface area contributed by atoms with Gasteiger partial charge in [0, 0.05) is 68.4 Å². The lowest BCUT2D eigenvalue weighted by molar-refractivity contribution is -0.377. The number of rotatable bonds is 22. The third kappa shape index (κ3) is 14.0. The maximum Gasteiger partial charge on any atom is 0.313 e. The molecule has 90 heavy (non-hydrogen) atoms. The van der Waals surface area contributed by atoms with E-state index in [-0.39, 0.29) is 29.1 Å². The second-order valence-electron chi connectivity index (χ2n) is 26.9. The smallest absolute Gasteiger partial charge is 0.313 e. The van der Waals surface area contributed by atoms with Crippen molar-refractivity contribution in [1.82, 2.24) is 0 Å². The number of fused-ring (bicyclic) bond motifs is 5. The van der Waals surface area contributed by atoms with Crippen molar-refractivity contribution in [1.29, 1.82) is 0 Å². The number of hydrogen-bond donors (Lipinski definition) is 1. The van der Waals surface area contributed by atoms with Crippen LogP contribution in [0, 0.1) is 39.4 Å². The summed E-state index contributed by atoms with van der Waals surface area (Å²) in [6, 6.07) is 0. The van der Waals surface area contributed by atoms with Crippen molar-refractivity contribution in [3.8, 4) is 0 Å². The fourth-order valence-corrected chi connectivity index (χ4v) is 16.8. The van der Waals surface area contributed by atoms with E-state index in [9.17, 15) is 48.3 Å². The van der Waals surface area contributed by atoms with E-state index in [4.69, 9.17) is 75.8 Å². The Hall–Kier alpha value is -5.61. The summed E-state index contributed by atoms with van der Waals surface area (Å²) in [5, 5.41) is 12.3. The molecule has 26 heteroatoms. The molecular weight excluding hydrogens is 1180 g/mol. The molecule has 7 fully saturated rings. The highest BCUT2D eigenvalue weighted by molar-refractivity contribution is 5.84. The van der Waals surface area contributed by atoms with E-state index >= 15 is 0 Å². The lowest BCUT2D eigenvalue weighted by atomic mass is 9.40. The summed E-state index contributed by atoms with van der Waals surface area (Å²) >= 11 is 0. The van der Waals surface area contributed by atoms with Crippen LogP contribution in [0.15, 0.2) is 23.8 Å². The van der Waals surface area contributed by atoms with Crippen LogP contribution in [-0.4, -0.2) is 190 Å². The Bertz CT molecular complexity index is 2770. The Balaban J connectivity index is 1.09. The molecule has 3 saturated carbocycles. The molecule has 4 aliphatic heterocycles. The van der Waals surface area contributed by atoms with Gasteiger partial charge in [0.25, 0.3) is 0 Å². The molecule has 4 heterocycles. The van der Waals surface area contributed by atoms with Gasteiger partial charge in [-0.1, -0.05) is 44.9 Å². The highest BCUT2D eigenvalue weighted by atomic mass is 16.8. The first-order chi connectivity index (χ1) is 42.1. The number of methoxy groups -OCH3 is 1. The Morgan fingerprint density at radius 1 is 0.633 bits per heavy atom. The Kier molecular flexibility index (Phi) is 21.5. The van der Waals surface area contributed by atoms with Crippen LogP contribution in [0.25, 0.3) is 0 Å². The van der Waals surface area contributed by atoms with E-state index in [2.05, 4.69) is 40.3 Å². The number of aliphatic hydroxyl groups is 1. The van der Waals surface area contributed by atoms with Crippen LogP contribution in [0.3, 0.4) is 0 Å². The van der Waals surface area contributed by atoms with Gasteiger partial charge in [0.05, 0.1) is 23.7 Å².